The van der Waals surface area contributed by atoms with Crippen molar-refractivity contribution in [3.8, 4) is 32.8 Å². The first kappa shape index (κ1) is 52.2. The fourth-order valence-corrected chi connectivity index (χ4v) is 11.6. The van der Waals surface area contributed by atoms with Crippen LogP contribution in [0.15, 0.2) is 48.8 Å². The summed E-state index contributed by atoms with van der Waals surface area (Å²) in [5.74, 6) is -0.151. The van der Waals surface area contributed by atoms with Gasteiger partial charge in [0.2, 0.25) is 23.7 Å². The molecule has 7 aromatic rings. The van der Waals surface area contributed by atoms with Gasteiger partial charge in [-0.15, -0.1) is 35.8 Å². The van der Waals surface area contributed by atoms with Gasteiger partial charge < -0.3 is 56.1 Å². The van der Waals surface area contributed by atoms with Crippen LogP contribution in [-0.2, 0) is 4.79 Å². The molecule has 2 fully saturated rings. The lowest BCUT2D eigenvalue weighted by molar-refractivity contribution is -0.274. The van der Waals surface area contributed by atoms with E-state index in [9.17, 15) is 38.4 Å². The van der Waals surface area contributed by atoms with Gasteiger partial charge in [-0.1, -0.05) is 25.5 Å². The van der Waals surface area contributed by atoms with E-state index in [0.29, 0.717) is 72.8 Å². The highest BCUT2D eigenvalue weighted by molar-refractivity contribution is 7.22. The summed E-state index contributed by atoms with van der Waals surface area (Å²) in [6, 6.07) is 7.35. The monoisotopic (exact) mass is 1060 g/mol. The van der Waals surface area contributed by atoms with Crippen molar-refractivity contribution in [3.63, 3.8) is 0 Å². The Morgan fingerprint density at radius 2 is 1.35 bits per heavy atom. The maximum absolute atomic E-state index is 12.8. The average molecular weight is 1060 g/mol. The molecule has 2 saturated carbocycles. The van der Waals surface area contributed by atoms with Gasteiger partial charge >= 0.3 is 6.36 Å². The lowest BCUT2D eigenvalue weighted by Crippen LogP contribution is -2.39. The number of amides is 1. The van der Waals surface area contributed by atoms with E-state index >= 15 is 0 Å². The number of hydrogen-bond acceptors (Lipinski definition) is 21. The van der Waals surface area contributed by atoms with Crippen molar-refractivity contribution < 1.29 is 47.9 Å². The van der Waals surface area contributed by atoms with Gasteiger partial charge in [0, 0.05) is 39.0 Å². The first-order chi connectivity index (χ1) is 35.3. The van der Waals surface area contributed by atoms with Crippen LogP contribution in [0.2, 0.25) is 0 Å². The number of aliphatic hydroxyl groups is 4. The molecule has 1 aromatic carbocycles. The summed E-state index contributed by atoms with van der Waals surface area (Å²) in [7, 11) is 3.30. The Hall–Kier alpha value is -6.64. The number of carbonyl (C=O) groups excluding carboxylic acids is 1. The third-order valence-corrected chi connectivity index (χ3v) is 15.5. The minimum Gasteiger partial charge on any atom is -0.470 e. The van der Waals surface area contributed by atoms with Gasteiger partial charge in [0.15, 0.2) is 0 Å². The molecule has 392 valence electrons. The number of rotatable bonds is 17. The molecule has 0 aliphatic heterocycles. The molecule has 25 heteroatoms. The van der Waals surface area contributed by atoms with Crippen LogP contribution in [0.4, 0.5) is 36.7 Å². The van der Waals surface area contributed by atoms with Gasteiger partial charge in [-0.2, -0.15) is 9.97 Å². The molecule has 2 aliphatic carbocycles. The number of halogens is 3. The zero-order valence-corrected chi connectivity index (χ0v) is 43.0. The molecule has 1 unspecified atom stereocenters. The molecule has 0 radical (unpaired) electrons. The molecule has 1 amide bonds. The van der Waals surface area contributed by atoms with Crippen LogP contribution in [0.5, 0.6) is 11.6 Å². The minimum atomic E-state index is -4.83. The van der Waals surface area contributed by atoms with Crippen LogP contribution >= 0.6 is 22.7 Å². The Morgan fingerprint density at radius 3 is 1.95 bits per heavy atom. The second-order valence-corrected chi connectivity index (χ2v) is 20.8. The minimum absolute atomic E-state index is 0.0600. The van der Waals surface area contributed by atoms with Crippen LogP contribution in [0.25, 0.3) is 41.6 Å². The van der Waals surface area contributed by atoms with Gasteiger partial charge in [0.25, 0.3) is 0 Å². The number of benzene rings is 1. The van der Waals surface area contributed by atoms with Crippen LogP contribution in [-0.4, -0.2) is 141 Å². The summed E-state index contributed by atoms with van der Waals surface area (Å²) < 4.78 is 50.7. The number of nitrogens with one attached hydrogen (secondary N) is 4. The van der Waals surface area contributed by atoms with Gasteiger partial charge in [0.1, 0.15) is 56.7 Å². The summed E-state index contributed by atoms with van der Waals surface area (Å²) in [4.78, 5) is 52.0. The maximum Gasteiger partial charge on any atom is 0.573 e. The number of anilines is 4. The quantitative estimate of drug-likeness (QED) is 0.0475. The predicted octanol–water partition coefficient (Wildman–Crippen LogP) is 6.64. The molecule has 9 rings (SSSR count). The summed E-state index contributed by atoms with van der Waals surface area (Å²) >= 11 is 2.75. The lowest BCUT2D eigenvalue weighted by Gasteiger charge is -2.24. The molecule has 0 spiro atoms. The second kappa shape index (κ2) is 21.3. The largest absolute Gasteiger partial charge is 0.573 e. The topological polar surface area (TPSA) is 271 Å². The highest BCUT2D eigenvalue weighted by atomic mass is 32.1. The number of aliphatic hydroxyl groups excluding tert-OH is 4. The number of hydrogen-bond donors (Lipinski definition) is 8. The van der Waals surface area contributed by atoms with Crippen LogP contribution in [0.3, 0.4) is 0 Å². The van der Waals surface area contributed by atoms with Crippen LogP contribution < -0.4 is 30.7 Å². The van der Waals surface area contributed by atoms with Crippen molar-refractivity contribution in [2.45, 2.75) is 103 Å². The van der Waals surface area contributed by atoms with E-state index in [1.807, 2.05) is 26.8 Å². The first-order valence-corrected chi connectivity index (χ1v) is 25.6. The summed E-state index contributed by atoms with van der Waals surface area (Å²) in [5.41, 5.74) is 4.64. The molecule has 0 bridgehead atoms. The van der Waals surface area contributed by atoms with E-state index in [1.165, 1.54) is 51.8 Å². The number of nitrogens with zero attached hydrogens (tertiary/aromatic N) is 9. The summed E-state index contributed by atoms with van der Waals surface area (Å²) in [5, 5.41) is 59.1. The Labute approximate surface area is 430 Å². The summed E-state index contributed by atoms with van der Waals surface area (Å²) in [6.45, 7) is 8.82. The van der Waals surface area contributed by atoms with E-state index in [0.717, 1.165) is 15.9 Å². The number of carbonyl (C=O) groups is 1. The van der Waals surface area contributed by atoms with E-state index in [-0.39, 0.29) is 54.9 Å². The van der Waals surface area contributed by atoms with Crippen LogP contribution in [0.1, 0.15) is 61.8 Å². The Bertz CT molecular complexity index is 3160. The summed E-state index contributed by atoms with van der Waals surface area (Å²) in [6.07, 6.45) is -4.44. The third kappa shape index (κ3) is 10.9. The third-order valence-electron chi connectivity index (χ3n) is 13.5. The molecular weight excluding hydrogens is 1000 g/mol. The fraction of sp³-hybridized carbons (Fsp3) is 0.449. The lowest BCUT2D eigenvalue weighted by atomic mass is 10.0. The van der Waals surface area contributed by atoms with Crippen molar-refractivity contribution in [3.05, 3.63) is 71.4 Å². The van der Waals surface area contributed by atoms with Gasteiger partial charge in [-0.3, -0.25) is 9.78 Å². The molecule has 6 heterocycles. The fourth-order valence-electron chi connectivity index (χ4n) is 9.42. The molecule has 8 N–H and O–H groups in total. The average Bonchev–Trinajstić information content (AvgIpc) is 4.12. The molecule has 2 aliphatic rings. The highest BCUT2D eigenvalue weighted by Gasteiger charge is 2.46. The second-order valence-electron chi connectivity index (χ2n) is 18.7. The van der Waals surface area contributed by atoms with Crippen molar-refractivity contribution in [2.24, 2.45) is 11.8 Å². The Balaban J connectivity index is 1.01. The number of thiazole rings is 2. The number of fused-ring (bicyclic) bond motifs is 2. The zero-order valence-electron chi connectivity index (χ0n) is 41.3. The number of ether oxygens (including phenoxy) is 2. The molecule has 6 aromatic heterocycles. The van der Waals surface area contributed by atoms with Crippen molar-refractivity contribution >= 4 is 72.5 Å². The normalized spacial score (nSPS) is 22.2. The van der Waals surface area contributed by atoms with Crippen molar-refractivity contribution in [2.75, 3.05) is 48.5 Å². The molecule has 0 saturated heterocycles. The first-order valence-electron chi connectivity index (χ1n) is 24.0. The predicted molar refractivity (Wildman–Crippen MR) is 274 cm³/mol. The Kier molecular flexibility index (Phi) is 15.0. The zero-order chi connectivity index (χ0) is 52.7. The van der Waals surface area contributed by atoms with E-state index < -0.39 is 54.8 Å². The molecular formula is C49H56F3N13O7S2. The smallest absolute Gasteiger partial charge is 0.470 e. The highest BCUT2D eigenvalue weighted by Crippen LogP contribution is 2.43. The maximum atomic E-state index is 12.8. The SMILES string of the molecule is CC[C@H]1CC(Nc2nc(N[C@H](C)c3ccc(OC(F)(F)F)cc3)nc(C)c2-c2nc3c(O[C@@H]4[C@@H](CO)C[C@@H](Nc5nc(NCC(=O)N(C)C)nc(C)c5-c5nc6c(C)nccc6s5)[C@@H]4O)nccc3s2)[C@H](O)[C@@H]1O. The number of likely N-dealkylation sites (N-methyl/N-ethyl adjacent to an activating group) is 1. The standard InChI is InChI=1S/C49H56F3N13O7S2/c1-8-25-17-29(39(69)38(25)68)59-43-35(23(4)58-48(64-43)56-21(2)26-9-11-28(12-10-26)72-49(50,51)52)46-62-37-32(74-46)14-16-54-44(37)71-41-27(20-66)18-30(40(41)70)60-42-34(45-61-36-24(5)53-15-13-31(36)73-45)22(3)57-47(63-42)55-19-33(67)65(6)7/h9-16,21,25,27,29-30,38-41,66,68-70H,8,17-20H2,1-7H3,(H2,55,57,60,63)(H2,56,58,59,64)/t21-,25+,27-,29?,30-,38-,39+,40+,41-/m1/s1. The van der Waals surface area contributed by atoms with E-state index in [1.54, 1.807) is 46.4 Å². The van der Waals surface area contributed by atoms with Crippen LogP contribution in [0, 0.1) is 32.6 Å². The molecule has 9 atom stereocenters. The van der Waals surface area contributed by atoms with E-state index in [4.69, 9.17) is 29.7 Å². The van der Waals surface area contributed by atoms with Gasteiger partial charge in [-0.05, 0) is 76.3 Å². The van der Waals surface area contributed by atoms with Crippen molar-refractivity contribution in [1.29, 1.82) is 0 Å². The Morgan fingerprint density at radius 1 is 0.770 bits per heavy atom. The number of alkyl halides is 3. The number of aromatic nitrogens is 8. The number of pyridine rings is 2. The van der Waals surface area contributed by atoms with Gasteiger partial charge in [0.05, 0.1) is 68.4 Å². The molecule has 20 nitrogen and oxygen atoms in total. The van der Waals surface area contributed by atoms with Crippen molar-refractivity contribution in [1.82, 2.24) is 44.8 Å². The van der Waals surface area contributed by atoms with Gasteiger partial charge in [-0.25, -0.2) is 24.9 Å². The number of aryl methyl sites for hydroxylation is 3. The van der Waals surface area contributed by atoms with E-state index in [2.05, 4.69) is 41.0 Å². The molecule has 74 heavy (non-hydrogen) atoms.